The third-order valence-corrected chi connectivity index (χ3v) is 4.01. The second-order valence-electron chi connectivity index (χ2n) is 6.08. The van der Waals surface area contributed by atoms with Crippen molar-refractivity contribution < 1.29 is 10.2 Å². The van der Waals surface area contributed by atoms with Gasteiger partial charge in [0.1, 0.15) is 0 Å². The molecule has 0 aliphatic carbocycles. The lowest BCUT2D eigenvalue weighted by Crippen LogP contribution is -2.57. The van der Waals surface area contributed by atoms with Crippen molar-refractivity contribution in [3.63, 3.8) is 0 Å². The lowest BCUT2D eigenvalue weighted by Gasteiger charge is -2.38. The molecule has 0 saturated carbocycles. The molecule has 4 heteroatoms. The molecule has 0 amide bonds. The molecule has 112 valence electrons. The minimum absolute atomic E-state index is 0.0430. The van der Waals surface area contributed by atoms with Crippen LogP contribution in [0.25, 0.3) is 0 Å². The highest BCUT2D eigenvalue weighted by atomic mass is 16.3. The van der Waals surface area contributed by atoms with Crippen molar-refractivity contribution in [3.05, 3.63) is 35.9 Å². The molecule has 2 rings (SSSR count). The molecule has 1 aliphatic heterocycles. The molecule has 1 fully saturated rings. The molecule has 1 atom stereocenters. The Morgan fingerprint density at radius 3 is 2.60 bits per heavy atom. The highest BCUT2D eigenvalue weighted by molar-refractivity contribution is 5.14. The maximum absolute atomic E-state index is 9.38. The second kappa shape index (κ2) is 7.18. The van der Waals surface area contributed by atoms with E-state index in [1.807, 2.05) is 13.0 Å². The van der Waals surface area contributed by atoms with Crippen LogP contribution < -0.4 is 5.32 Å². The molecule has 0 radical (unpaired) electrons. The quantitative estimate of drug-likeness (QED) is 0.726. The molecule has 1 aromatic rings. The first kappa shape index (κ1) is 15.4. The van der Waals surface area contributed by atoms with Gasteiger partial charge in [-0.15, -0.1) is 0 Å². The van der Waals surface area contributed by atoms with E-state index in [9.17, 15) is 10.2 Å². The number of piperidine rings is 1. The van der Waals surface area contributed by atoms with Crippen LogP contribution in [0.1, 0.15) is 25.3 Å². The van der Waals surface area contributed by atoms with E-state index in [2.05, 4.69) is 34.5 Å². The smallest absolute Gasteiger partial charge is 0.0633 e. The predicted molar refractivity (Wildman–Crippen MR) is 80.5 cm³/mol. The Morgan fingerprint density at radius 1 is 1.25 bits per heavy atom. The number of nitrogens with one attached hydrogen (secondary N) is 1. The van der Waals surface area contributed by atoms with Gasteiger partial charge in [0, 0.05) is 19.1 Å². The fraction of sp³-hybridized carbons (Fsp3) is 0.625. The van der Waals surface area contributed by atoms with Crippen LogP contribution in [0, 0.1) is 0 Å². The lowest BCUT2D eigenvalue weighted by atomic mass is 9.98. The van der Waals surface area contributed by atoms with Crippen molar-refractivity contribution in [2.24, 2.45) is 0 Å². The Morgan fingerprint density at radius 2 is 1.95 bits per heavy atom. The van der Waals surface area contributed by atoms with E-state index >= 15 is 0 Å². The van der Waals surface area contributed by atoms with Crippen molar-refractivity contribution in [2.45, 2.75) is 37.9 Å². The van der Waals surface area contributed by atoms with Gasteiger partial charge in [-0.1, -0.05) is 30.3 Å². The highest BCUT2D eigenvalue weighted by Crippen LogP contribution is 2.16. The van der Waals surface area contributed by atoms with E-state index in [-0.39, 0.29) is 13.2 Å². The molecule has 4 nitrogen and oxygen atoms in total. The summed E-state index contributed by atoms with van der Waals surface area (Å²) in [6.45, 7) is 4.82. The number of aliphatic hydroxyl groups is 2. The number of aliphatic hydroxyl groups excluding tert-OH is 2. The number of rotatable bonds is 6. The molecule has 0 spiro atoms. The van der Waals surface area contributed by atoms with Crippen LogP contribution in [0.3, 0.4) is 0 Å². The van der Waals surface area contributed by atoms with Gasteiger partial charge in [-0.05, 0) is 31.9 Å². The average Bonchev–Trinajstić information content (AvgIpc) is 2.48. The molecule has 3 N–H and O–H groups in total. The summed E-state index contributed by atoms with van der Waals surface area (Å²) in [5.41, 5.74) is 0.751. The first-order valence-electron chi connectivity index (χ1n) is 7.41. The lowest BCUT2D eigenvalue weighted by molar-refractivity contribution is 0.0754. The van der Waals surface area contributed by atoms with E-state index in [0.717, 1.165) is 32.5 Å². The predicted octanol–water partition coefficient (Wildman–Crippen LogP) is 0.984. The Kier molecular flexibility index (Phi) is 5.54. The molecule has 0 bridgehead atoms. The van der Waals surface area contributed by atoms with Crippen molar-refractivity contribution in [2.75, 3.05) is 26.3 Å². The van der Waals surface area contributed by atoms with Gasteiger partial charge in [0.25, 0.3) is 0 Å². The Bertz CT molecular complexity index is 393. The Balaban J connectivity index is 1.88. The molecule has 1 aromatic carbocycles. The summed E-state index contributed by atoms with van der Waals surface area (Å²) < 4.78 is 0. The van der Waals surface area contributed by atoms with Crippen molar-refractivity contribution in [1.82, 2.24) is 10.2 Å². The topological polar surface area (TPSA) is 55.7 Å². The zero-order valence-corrected chi connectivity index (χ0v) is 12.3. The van der Waals surface area contributed by atoms with E-state index in [1.54, 1.807) is 0 Å². The van der Waals surface area contributed by atoms with Crippen LogP contribution in [-0.2, 0) is 6.54 Å². The largest absolute Gasteiger partial charge is 0.394 e. The third kappa shape index (κ3) is 4.28. The fourth-order valence-electron chi connectivity index (χ4n) is 2.79. The van der Waals surface area contributed by atoms with Gasteiger partial charge in [-0.25, -0.2) is 0 Å². The molecule has 1 aliphatic rings. The van der Waals surface area contributed by atoms with Gasteiger partial charge < -0.3 is 15.5 Å². The van der Waals surface area contributed by atoms with Crippen molar-refractivity contribution >= 4 is 0 Å². The SMILES string of the molecule is CC(CO)(CO)NC1CCCN(Cc2ccccc2)C1. The summed E-state index contributed by atoms with van der Waals surface area (Å²) in [5, 5.41) is 22.2. The summed E-state index contributed by atoms with van der Waals surface area (Å²) in [5.74, 6) is 0. The third-order valence-electron chi connectivity index (χ3n) is 4.01. The molecule has 1 saturated heterocycles. The average molecular weight is 278 g/mol. The van der Waals surface area contributed by atoms with Crippen molar-refractivity contribution in [1.29, 1.82) is 0 Å². The number of benzene rings is 1. The van der Waals surface area contributed by atoms with Gasteiger partial charge in [-0.2, -0.15) is 0 Å². The summed E-state index contributed by atoms with van der Waals surface area (Å²) in [6, 6.07) is 10.8. The van der Waals surface area contributed by atoms with Crippen LogP contribution in [0.4, 0.5) is 0 Å². The first-order valence-corrected chi connectivity index (χ1v) is 7.41. The molecule has 0 aromatic heterocycles. The molecular weight excluding hydrogens is 252 g/mol. The van der Waals surface area contributed by atoms with E-state index in [0.29, 0.717) is 6.04 Å². The fourth-order valence-corrected chi connectivity index (χ4v) is 2.79. The summed E-state index contributed by atoms with van der Waals surface area (Å²) in [4.78, 5) is 2.44. The van der Waals surface area contributed by atoms with Gasteiger partial charge in [-0.3, -0.25) is 4.90 Å². The molecule has 1 heterocycles. The van der Waals surface area contributed by atoms with Gasteiger partial charge >= 0.3 is 0 Å². The minimum atomic E-state index is -0.583. The van der Waals surface area contributed by atoms with Crippen LogP contribution in [0.15, 0.2) is 30.3 Å². The number of hydrogen-bond donors (Lipinski definition) is 3. The van der Waals surface area contributed by atoms with Gasteiger partial charge in [0.15, 0.2) is 0 Å². The standard InChI is InChI=1S/C16H26N2O2/c1-16(12-19,13-20)17-15-8-5-9-18(11-15)10-14-6-3-2-4-7-14/h2-4,6-7,15,17,19-20H,5,8-13H2,1H3. The Hall–Kier alpha value is -0.940. The monoisotopic (exact) mass is 278 g/mol. The first-order chi connectivity index (χ1) is 9.65. The van der Waals surface area contributed by atoms with Gasteiger partial charge in [0.05, 0.1) is 18.8 Å². The second-order valence-corrected chi connectivity index (χ2v) is 6.08. The molecule has 20 heavy (non-hydrogen) atoms. The Labute approximate surface area is 121 Å². The summed E-state index contributed by atoms with van der Waals surface area (Å²) in [7, 11) is 0. The molecule has 1 unspecified atom stereocenters. The maximum atomic E-state index is 9.38. The van der Waals surface area contributed by atoms with E-state index in [4.69, 9.17) is 0 Å². The van der Waals surface area contributed by atoms with Crippen LogP contribution in [-0.4, -0.2) is 53.0 Å². The number of hydrogen-bond acceptors (Lipinski definition) is 4. The minimum Gasteiger partial charge on any atom is -0.394 e. The zero-order chi connectivity index (χ0) is 14.4. The van der Waals surface area contributed by atoms with Crippen LogP contribution >= 0.6 is 0 Å². The van der Waals surface area contributed by atoms with E-state index in [1.165, 1.54) is 5.56 Å². The highest BCUT2D eigenvalue weighted by Gasteiger charge is 2.28. The van der Waals surface area contributed by atoms with E-state index < -0.39 is 5.54 Å². The number of likely N-dealkylation sites (tertiary alicyclic amines) is 1. The summed E-state index contributed by atoms with van der Waals surface area (Å²) in [6.07, 6.45) is 2.25. The van der Waals surface area contributed by atoms with Crippen LogP contribution in [0.5, 0.6) is 0 Å². The number of nitrogens with zero attached hydrogens (tertiary/aromatic N) is 1. The van der Waals surface area contributed by atoms with Crippen molar-refractivity contribution in [3.8, 4) is 0 Å². The summed E-state index contributed by atoms with van der Waals surface area (Å²) >= 11 is 0. The zero-order valence-electron chi connectivity index (χ0n) is 12.3. The van der Waals surface area contributed by atoms with Gasteiger partial charge in [0.2, 0.25) is 0 Å². The molecular formula is C16H26N2O2. The van der Waals surface area contributed by atoms with Crippen LogP contribution in [0.2, 0.25) is 0 Å². The normalized spacial score (nSPS) is 21.1. The maximum Gasteiger partial charge on any atom is 0.0633 e.